The molecule has 0 heterocycles. The average molecular weight is 268 g/mol. The maximum Gasteiger partial charge on any atom is 0.327 e. The summed E-state index contributed by atoms with van der Waals surface area (Å²) < 4.78 is 0. The van der Waals surface area contributed by atoms with Crippen LogP contribution in [0.25, 0.3) is 0 Å². The molecule has 0 saturated heterocycles. The van der Waals surface area contributed by atoms with Gasteiger partial charge in [-0.05, 0) is 18.8 Å². The van der Waals surface area contributed by atoms with Crippen molar-refractivity contribution in [2.45, 2.75) is 84.5 Å². The minimum atomic E-state index is -0.836. The summed E-state index contributed by atoms with van der Waals surface area (Å²) in [5.41, 5.74) is 0. The Labute approximate surface area is 119 Å². The second kappa shape index (κ2) is 13.6. The second-order valence-corrected chi connectivity index (χ2v) is 5.89. The van der Waals surface area contributed by atoms with Crippen molar-refractivity contribution >= 4 is 5.97 Å². The summed E-state index contributed by atoms with van der Waals surface area (Å²) in [5.74, 6) is 0.0210. The highest BCUT2D eigenvalue weighted by molar-refractivity contribution is 5.79. The molecule has 0 aromatic heterocycles. The summed E-state index contributed by atoms with van der Waals surface area (Å²) in [4.78, 5) is 10.2. The van der Waals surface area contributed by atoms with Gasteiger partial charge in [-0.25, -0.2) is 4.79 Å². The van der Waals surface area contributed by atoms with Gasteiger partial charge in [0.15, 0.2) is 0 Å². The van der Waals surface area contributed by atoms with Crippen LogP contribution in [0, 0.1) is 5.92 Å². The molecule has 2 heteroatoms. The Morgan fingerprint density at radius 2 is 1.37 bits per heavy atom. The molecular weight excluding hydrogens is 236 g/mol. The quantitative estimate of drug-likeness (QED) is 0.350. The molecule has 0 aromatic carbocycles. The summed E-state index contributed by atoms with van der Waals surface area (Å²) >= 11 is 0. The van der Waals surface area contributed by atoms with E-state index < -0.39 is 5.97 Å². The summed E-state index contributed by atoms with van der Waals surface area (Å²) in [6, 6.07) is 0. The SMILES string of the molecule is CC(C)CCCCCCCCCCC/C=C\C(=O)O. The summed E-state index contributed by atoms with van der Waals surface area (Å²) in [7, 11) is 0. The Bertz CT molecular complexity index is 231. The number of hydrogen-bond acceptors (Lipinski definition) is 1. The fraction of sp³-hybridized carbons (Fsp3) is 0.824. The van der Waals surface area contributed by atoms with Gasteiger partial charge in [-0.1, -0.05) is 77.7 Å². The lowest BCUT2D eigenvalue weighted by Crippen LogP contribution is -1.87. The zero-order chi connectivity index (χ0) is 14.3. The minimum absolute atomic E-state index is 0.836. The molecule has 0 radical (unpaired) electrons. The monoisotopic (exact) mass is 268 g/mol. The number of carboxylic acid groups (broad SMARTS) is 1. The van der Waals surface area contributed by atoms with Crippen molar-refractivity contribution in [3.63, 3.8) is 0 Å². The van der Waals surface area contributed by atoms with E-state index in [4.69, 9.17) is 5.11 Å². The van der Waals surface area contributed by atoms with Crippen LogP contribution in [0.15, 0.2) is 12.2 Å². The maximum absolute atomic E-state index is 10.2. The smallest absolute Gasteiger partial charge is 0.327 e. The first-order chi connectivity index (χ1) is 9.13. The van der Waals surface area contributed by atoms with E-state index in [1.54, 1.807) is 6.08 Å². The minimum Gasteiger partial charge on any atom is -0.478 e. The molecule has 0 fully saturated rings. The van der Waals surface area contributed by atoms with E-state index in [0.29, 0.717) is 0 Å². The van der Waals surface area contributed by atoms with Crippen LogP contribution in [0.5, 0.6) is 0 Å². The Kier molecular flexibility index (Phi) is 13.1. The van der Waals surface area contributed by atoms with Gasteiger partial charge >= 0.3 is 5.97 Å². The molecule has 0 bridgehead atoms. The second-order valence-electron chi connectivity index (χ2n) is 5.89. The Morgan fingerprint density at radius 3 is 1.84 bits per heavy atom. The molecule has 0 atom stereocenters. The lowest BCUT2D eigenvalue weighted by molar-refractivity contribution is -0.131. The van der Waals surface area contributed by atoms with Gasteiger partial charge in [0, 0.05) is 6.08 Å². The van der Waals surface area contributed by atoms with Crippen molar-refractivity contribution in [2.24, 2.45) is 5.92 Å². The van der Waals surface area contributed by atoms with Crippen LogP contribution in [0.3, 0.4) is 0 Å². The fourth-order valence-electron chi connectivity index (χ4n) is 2.24. The third kappa shape index (κ3) is 17.2. The van der Waals surface area contributed by atoms with Crippen LogP contribution in [0.1, 0.15) is 84.5 Å². The van der Waals surface area contributed by atoms with Crippen LogP contribution in [-0.2, 0) is 4.79 Å². The number of carboxylic acids is 1. The van der Waals surface area contributed by atoms with Crippen LogP contribution < -0.4 is 0 Å². The molecule has 0 aliphatic rings. The lowest BCUT2D eigenvalue weighted by Gasteiger charge is -2.04. The van der Waals surface area contributed by atoms with E-state index in [9.17, 15) is 4.79 Å². The number of allylic oxidation sites excluding steroid dienone is 1. The third-order valence-electron chi connectivity index (χ3n) is 3.41. The molecule has 2 nitrogen and oxygen atoms in total. The molecule has 0 rings (SSSR count). The first-order valence-corrected chi connectivity index (χ1v) is 8.02. The lowest BCUT2D eigenvalue weighted by atomic mass is 10.0. The summed E-state index contributed by atoms with van der Waals surface area (Å²) in [5, 5.41) is 8.42. The predicted molar refractivity (Wildman–Crippen MR) is 82.4 cm³/mol. The standard InChI is InChI=1S/C17H32O2/c1-16(2)14-12-10-8-6-4-3-5-7-9-11-13-15-17(18)19/h13,15-16H,3-12,14H2,1-2H3,(H,18,19)/b15-13-. The number of carbonyl (C=O) groups is 1. The molecule has 0 unspecified atom stereocenters. The number of unbranched alkanes of at least 4 members (excludes halogenated alkanes) is 9. The number of hydrogen-bond donors (Lipinski definition) is 1. The zero-order valence-electron chi connectivity index (χ0n) is 12.9. The van der Waals surface area contributed by atoms with Gasteiger partial charge in [-0.15, -0.1) is 0 Å². The van der Waals surface area contributed by atoms with Crippen molar-refractivity contribution in [3.05, 3.63) is 12.2 Å². The van der Waals surface area contributed by atoms with Crippen molar-refractivity contribution in [3.8, 4) is 0 Å². The normalized spacial score (nSPS) is 11.5. The number of rotatable bonds is 13. The molecule has 19 heavy (non-hydrogen) atoms. The first-order valence-electron chi connectivity index (χ1n) is 8.02. The van der Waals surface area contributed by atoms with Gasteiger partial charge in [0.05, 0.1) is 0 Å². The highest BCUT2D eigenvalue weighted by Crippen LogP contribution is 2.13. The molecule has 0 aliphatic heterocycles. The molecule has 0 spiro atoms. The van der Waals surface area contributed by atoms with E-state index in [1.807, 2.05) is 0 Å². The highest BCUT2D eigenvalue weighted by Gasteiger charge is 1.95. The molecule has 0 aliphatic carbocycles. The van der Waals surface area contributed by atoms with Crippen molar-refractivity contribution < 1.29 is 9.90 Å². The van der Waals surface area contributed by atoms with Gasteiger partial charge in [0.25, 0.3) is 0 Å². The molecule has 112 valence electrons. The predicted octanol–water partition coefficient (Wildman–Crippen LogP) is 5.57. The largest absolute Gasteiger partial charge is 0.478 e. The van der Waals surface area contributed by atoms with Gasteiger partial charge in [-0.2, -0.15) is 0 Å². The molecular formula is C17H32O2. The van der Waals surface area contributed by atoms with Crippen molar-refractivity contribution in [1.29, 1.82) is 0 Å². The molecule has 0 amide bonds. The van der Waals surface area contributed by atoms with E-state index in [0.717, 1.165) is 18.8 Å². The van der Waals surface area contributed by atoms with Gasteiger partial charge in [0.1, 0.15) is 0 Å². The van der Waals surface area contributed by atoms with Crippen LogP contribution in [0.2, 0.25) is 0 Å². The fourth-order valence-corrected chi connectivity index (χ4v) is 2.24. The number of aliphatic carboxylic acids is 1. The van der Waals surface area contributed by atoms with Crippen LogP contribution in [-0.4, -0.2) is 11.1 Å². The first kappa shape index (κ1) is 18.2. The Hall–Kier alpha value is -0.790. The Balaban J connectivity index is 3.05. The maximum atomic E-state index is 10.2. The van der Waals surface area contributed by atoms with Crippen molar-refractivity contribution in [1.82, 2.24) is 0 Å². The van der Waals surface area contributed by atoms with Gasteiger partial charge in [0.2, 0.25) is 0 Å². The summed E-state index contributed by atoms with van der Waals surface area (Å²) in [6.07, 6.45) is 17.2. The molecule has 0 aromatic rings. The topological polar surface area (TPSA) is 37.3 Å². The Morgan fingerprint density at radius 1 is 0.895 bits per heavy atom. The summed E-state index contributed by atoms with van der Waals surface area (Å²) in [6.45, 7) is 4.59. The van der Waals surface area contributed by atoms with E-state index in [1.165, 1.54) is 63.9 Å². The third-order valence-corrected chi connectivity index (χ3v) is 3.41. The average Bonchev–Trinajstić information content (AvgIpc) is 2.34. The van der Waals surface area contributed by atoms with E-state index >= 15 is 0 Å². The van der Waals surface area contributed by atoms with E-state index in [2.05, 4.69) is 13.8 Å². The van der Waals surface area contributed by atoms with Crippen molar-refractivity contribution in [2.75, 3.05) is 0 Å². The van der Waals surface area contributed by atoms with Gasteiger partial charge < -0.3 is 5.11 Å². The molecule has 1 N–H and O–H groups in total. The zero-order valence-corrected chi connectivity index (χ0v) is 12.9. The van der Waals surface area contributed by atoms with Crippen LogP contribution in [0.4, 0.5) is 0 Å². The van der Waals surface area contributed by atoms with Gasteiger partial charge in [-0.3, -0.25) is 0 Å². The van der Waals surface area contributed by atoms with E-state index in [-0.39, 0.29) is 0 Å². The highest BCUT2D eigenvalue weighted by atomic mass is 16.4. The van der Waals surface area contributed by atoms with Crippen LogP contribution >= 0.6 is 0 Å². The molecule has 0 saturated carbocycles.